The van der Waals surface area contributed by atoms with E-state index in [-0.39, 0.29) is 5.60 Å². The third kappa shape index (κ3) is 4.71. The predicted molar refractivity (Wildman–Crippen MR) is 85.2 cm³/mol. The van der Waals surface area contributed by atoms with E-state index in [9.17, 15) is 0 Å². The predicted octanol–water partition coefficient (Wildman–Crippen LogP) is 3.19. The molecule has 0 bridgehead atoms. The summed E-state index contributed by atoms with van der Waals surface area (Å²) < 4.78 is 5.95. The number of rotatable bonds is 6. The van der Waals surface area contributed by atoms with Gasteiger partial charge >= 0.3 is 0 Å². The van der Waals surface area contributed by atoms with Crippen molar-refractivity contribution in [1.29, 1.82) is 0 Å². The number of likely N-dealkylation sites (tertiary alicyclic amines) is 1. The van der Waals surface area contributed by atoms with Crippen molar-refractivity contribution in [3.8, 4) is 0 Å². The van der Waals surface area contributed by atoms with Gasteiger partial charge in [-0.25, -0.2) is 0 Å². The molecule has 2 heterocycles. The average molecular weight is 282 g/mol. The Hall–Kier alpha value is -0.120. The number of nitrogens with zero attached hydrogens (tertiary/aromatic N) is 1. The molecule has 0 spiro atoms. The molecule has 0 saturated carbocycles. The molecule has 3 heteroatoms. The van der Waals surface area contributed by atoms with Crippen LogP contribution in [0.2, 0.25) is 0 Å². The highest BCUT2D eigenvalue weighted by atomic mass is 16.5. The van der Waals surface area contributed by atoms with Crippen LogP contribution in [-0.2, 0) is 4.74 Å². The van der Waals surface area contributed by atoms with Gasteiger partial charge in [0.05, 0.1) is 5.60 Å². The molecule has 0 amide bonds. The van der Waals surface area contributed by atoms with Gasteiger partial charge in [0.1, 0.15) is 0 Å². The molecule has 118 valence electrons. The first-order valence-corrected chi connectivity index (χ1v) is 8.77. The first-order chi connectivity index (χ1) is 9.65. The van der Waals surface area contributed by atoms with E-state index in [0.29, 0.717) is 6.04 Å². The molecule has 0 radical (unpaired) electrons. The Labute approximate surface area is 125 Å². The minimum Gasteiger partial charge on any atom is -0.375 e. The van der Waals surface area contributed by atoms with Crippen LogP contribution < -0.4 is 5.32 Å². The molecule has 0 aromatic rings. The summed E-state index contributed by atoms with van der Waals surface area (Å²) in [7, 11) is 0. The lowest BCUT2D eigenvalue weighted by atomic mass is 9.89. The lowest BCUT2D eigenvalue weighted by molar-refractivity contribution is -0.0797. The van der Waals surface area contributed by atoms with E-state index in [1.54, 1.807) is 0 Å². The van der Waals surface area contributed by atoms with Gasteiger partial charge < -0.3 is 15.0 Å². The third-order valence-electron chi connectivity index (χ3n) is 5.23. The second-order valence-corrected chi connectivity index (χ2v) is 6.98. The quantitative estimate of drug-likeness (QED) is 0.810. The van der Waals surface area contributed by atoms with Gasteiger partial charge in [-0.05, 0) is 65.1 Å². The highest BCUT2D eigenvalue weighted by molar-refractivity contribution is 4.88. The minimum atomic E-state index is 0.109. The van der Waals surface area contributed by atoms with Gasteiger partial charge in [0, 0.05) is 18.7 Å². The van der Waals surface area contributed by atoms with Gasteiger partial charge in [-0.3, -0.25) is 0 Å². The fourth-order valence-corrected chi connectivity index (χ4v) is 3.56. The summed E-state index contributed by atoms with van der Waals surface area (Å²) in [5.74, 6) is 0. The first kappa shape index (κ1) is 16.3. The Kier molecular flexibility index (Phi) is 6.31. The Morgan fingerprint density at radius 3 is 2.55 bits per heavy atom. The summed E-state index contributed by atoms with van der Waals surface area (Å²) >= 11 is 0. The van der Waals surface area contributed by atoms with Crippen LogP contribution in [0.3, 0.4) is 0 Å². The molecule has 2 fully saturated rings. The number of nitrogens with one attached hydrogen (secondary N) is 1. The fraction of sp³-hybridized carbons (Fsp3) is 1.00. The standard InChI is InChI=1S/C17H34N2O/c1-4-6-10-19-11-7-15(8-12-19)18-16-9-13-20-17(3,5-2)14-16/h15-16,18H,4-14H2,1-3H3. The van der Waals surface area contributed by atoms with E-state index in [1.807, 2.05) is 0 Å². The van der Waals surface area contributed by atoms with Crippen LogP contribution in [0, 0.1) is 0 Å². The molecule has 2 saturated heterocycles. The summed E-state index contributed by atoms with van der Waals surface area (Å²) in [4.78, 5) is 2.64. The van der Waals surface area contributed by atoms with Gasteiger partial charge in [0.25, 0.3) is 0 Å². The van der Waals surface area contributed by atoms with Crippen molar-refractivity contribution in [1.82, 2.24) is 10.2 Å². The van der Waals surface area contributed by atoms with Crippen molar-refractivity contribution in [3.05, 3.63) is 0 Å². The molecule has 0 aromatic heterocycles. The van der Waals surface area contributed by atoms with E-state index in [0.717, 1.165) is 19.1 Å². The molecule has 0 aromatic carbocycles. The summed E-state index contributed by atoms with van der Waals surface area (Å²) in [6, 6.07) is 1.40. The van der Waals surface area contributed by atoms with E-state index < -0.39 is 0 Å². The fourth-order valence-electron chi connectivity index (χ4n) is 3.56. The largest absolute Gasteiger partial charge is 0.375 e. The molecule has 3 nitrogen and oxygen atoms in total. The zero-order valence-electron chi connectivity index (χ0n) is 13.8. The number of ether oxygens (including phenoxy) is 1. The molecular formula is C17H34N2O. The number of hydrogen-bond acceptors (Lipinski definition) is 3. The monoisotopic (exact) mass is 282 g/mol. The SMILES string of the molecule is CCCCN1CCC(NC2CCOC(C)(CC)C2)CC1. The zero-order chi connectivity index (χ0) is 14.4. The summed E-state index contributed by atoms with van der Waals surface area (Å²) in [5.41, 5.74) is 0.109. The second-order valence-electron chi connectivity index (χ2n) is 6.98. The molecule has 0 aliphatic carbocycles. The minimum absolute atomic E-state index is 0.109. The van der Waals surface area contributed by atoms with Crippen molar-refractivity contribution in [2.24, 2.45) is 0 Å². The van der Waals surface area contributed by atoms with E-state index in [1.165, 1.54) is 58.2 Å². The van der Waals surface area contributed by atoms with E-state index >= 15 is 0 Å². The zero-order valence-corrected chi connectivity index (χ0v) is 13.8. The molecule has 2 rings (SSSR count). The van der Waals surface area contributed by atoms with Crippen molar-refractivity contribution < 1.29 is 4.74 Å². The Balaban J connectivity index is 1.70. The lowest BCUT2D eigenvalue weighted by Gasteiger charge is -2.41. The van der Waals surface area contributed by atoms with Crippen molar-refractivity contribution in [2.75, 3.05) is 26.2 Å². The van der Waals surface area contributed by atoms with Crippen LogP contribution in [0.15, 0.2) is 0 Å². The topological polar surface area (TPSA) is 24.5 Å². The summed E-state index contributed by atoms with van der Waals surface area (Å²) in [5, 5.41) is 3.92. The second kappa shape index (κ2) is 7.77. The number of unbranched alkanes of at least 4 members (excludes halogenated alkanes) is 1. The lowest BCUT2D eigenvalue weighted by Crippen LogP contribution is -2.51. The van der Waals surface area contributed by atoms with Crippen molar-refractivity contribution in [3.63, 3.8) is 0 Å². The number of piperidine rings is 1. The smallest absolute Gasteiger partial charge is 0.0666 e. The van der Waals surface area contributed by atoms with Crippen LogP contribution in [-0.4, -0.2) is 48.8 Å². The summed E-state index contributed by atoms with van der Waals surface area (Å²) in [6.45, 7) is 11.6. The van der Waals surface area contributed by atoms with Crippen molar-refractivity contribution in [2.45, 2.75) is 83.4 Å². The Morgan fingerprint density at radius 1 is 1.15 bits per heavy atom. The molecular weight excluding hydrogens is 248 g/mol. The van der Waals surface area contributed by atoms with E-state index in [2.05, 4.69) is 31.0 Å². The van der Waals surface area contributed by atoms with Gasteiger partial charge in [-0.15, -0.1) is 0 Å². The molecule has 2 unspecified atom stereocenters. The van der Waals surface area contributed by atoms with Gasteiger partial charge in [0.2, 0.25) is 0 Å². The Bertz CT molecular complexity index is 276. The van der Waals surface area contributed by atoms with Crippen LogP contribution in [0.4, 0.5) is 0 Å². The highest BCUT2D eigenvalue weighted by Gasteiger charge is 2.32. The maximum absolute atomic E-state index is 5.95. The Morgan fingerprint density at radius 2 is 1.90 bits per heavy atom. The third-order valence-corrected chi connectivity index (χ3v) is 5.23. The molecule has 1 N–H and O–H groups in total. The maximum Gasteiger partial charge on any atom is 0.0666 e. The highest BCUT2D eigenvalue weighted by Crippen LogP contribution is 2.28. The van der Waals surface area contributed by atoms with Gasteiger partial charge in [-0.2, -0.15) is 0 Å². The van der Waals surface area contributed by atoms with Crippen molar-refractivity contribution >= 4 is 0 Å². The number of hydrogen-bond donors (Lipinski definition) is 1. The van der Waals surface area contributed by atoms with Crippen LogP contribution in [0.5, 0.6) is 0 Å². The maximum atomic E-state index is 5.95. The molecule has 2 atom stereocenters. The van der Waals surface area contributed by atoms with Gasteiger partial charge in [-0.1, -0.05) is 20.3 Å². The molecule has 2 aliphatic rings. The van der Waals surface area contributed by atoms with E-state index in [4.69, 9.17) is 4.74 Å². The van der Waals surface area contributed by atoms with Crippen LogP contribution >= 0.6 is 0 Å². The van der Waals surface area contributed by atoms with Crippen LogP contribution in [0.1, 0.15) is 65.7 Å². The van der Waals surface area contributed by atoms with Crippen LogP contribution in [0.25, 0.3) is 0 Å². The molecule has 2 aliphatic heterocycles. The summed E-state index contributed by atoms with van der Waals surface area (Å²) in [6.07, 6.45) is 8.81. The molecule has 20 heavy (non-hydrogen) atoms. The van der Waals surface area contributed by atoms with Gasteiger partial charge in [0.15, 0.2) is 0 Å². The first-order valence-electron chi connectivity index (χ1n) is 8.77. The normalized spacial score (nSPS) is 33.5. The average Bonchev–Trinajstić information content (AvgIpc) is 2.47.